The molecule has 1 saturated carbocycles. The van der Waals surface area contributed by atoms with Crippen LogP contribution in [-0.2, 0) is 6.54 Å². The van der Waals surface area contributed by atoms with E-state index in [4.69, 9.17) is 0 Å². The van der Waals surface area contributed by atoms with Gasteiger partial charge < -0.3 is 4.57 Å². The van der Waals surface area contributed by atoms with Crippen LogP contribution in [0.15, 0.2) is 6.20 Å². The molecule has 0 bridgehead atoms. The van der Waals surface area contributed by atoms with E-state index < -0.39 is 12.1 Å². The van der Waals surface area contributed by atoms with Gasteiger partial charge >= 0.3 is 6.18 Å². The van der Waals surface area contributed by atoms with Crippen molar-refractivity contribution in [2.24, 2.45) is 0 Å². The Hall–Kier alpha value is -1.00. The molecule has 0 radical (unpaired) electrons. The molecule has 5 heteroatoms. The van der Waals surface area contributed by atoms with E-state index in [0.29, 0.717) is 18.9 Å². The lowest BCUT2D eigenvalue weighted by molar-refractivity contribution is -0.156. The maximum absolute atomic E-state index is 12.8. The van der Waals surface area contributed by atoms with E-state index in [1.807, 2.05) is 6.20 Å². The van der Waals surface area contributed by atoms with E-state index in [1.165, 1.54) is 0 Å². The minimum absolute atomic E-state index is 0.185. The first-order valence-electron chi connectivity index (χ1n) is 5.69. The summed E-state index contributed by atoms with van der Waals surface area (Å²) in [5.74, 6) is -0.693. The van der Waals surface area contributed by atoms with Gasteiger partial charge in [0.15, 0.2) is 0 Å². The van der Waals surface area contributed by atoms with Crippen molar-refractivity contribution in [3.05, 3.63) is 17.7 Å². The zero-order chi connectivity index (χ0) is 11.3. The van der Waals surface area contributed by atoms with Crippen LogP contribution >= 0.6 is 0 Å². The Morgan fingerprint density at radius 1 is 1.25 bits per heavy atom. The number of halogens is 3. The number of fused-ring (bicyclic) bond motifs is 1. The van der Waals surface area contributed by atoms with Crippen LogP contribution in [-0.4, -0.2) is 15.7 Å². The summed E-state index contributed by atoms with van der Waals surface area (Å²) in [4.78, 5) is 4.20. The summed E-state index contributed by atoms with van der Waals surface area (Å²) in [7, 11) is 0. The zero-order valence-electron chi connectivity index (χ0n) is 8.80. The maximum Gasteiger partial charge on any atom is 0.398 e. The highest BCUT2D eigenvalue weighted by atomic mass is 19.4. The highest BCUT2D eigenvalue weighted by Gasteiger charge is 2.45. The van der Waals surface area contributed by atoms with Gasteiger partial charge in [0.1, 0.15) is 11.7 Å². The minimum atomic E-state index is -4.15. The predicted octanol–water partition coefficient (Wildman–Crippen LogP) is 3.20. The number of hydrogen-bond acceptors (Lipinski definition) is 1. The summed E-state index contributed by atoms with van der Waals surface area (Å²) in [5.41, 5.74) is 0.867. The SMILES string of the molecule is FC(F)(F)C1CCCn2cc(C3CC3)nc21. The van der Waals surface area contributed by atoms with Gasteiger partial charge in [-0.05, 0) is 25.7 Å². The summed E-state index contributed by atoms with van der Waals surface area (Å²) < 4.78 is 40.1. The Kier molecular flexibility index (Phi) is 2.06. The molecule has 3 rings (SSSR count). The van der Waals surface area contributed by atoms with E-state index in [2.05, 4.69) is 4.98 Å². The molecule has 2 heterocycles. The number of nitrogens with zero attached hydrogens (tertiary/aromatic N) is 2. The lowest BCUT2D eigenvalue weighted by Gasteiger charge is -2.25. The lowest BCUT2D eigenvalue weighted by Crippen LogP contribution is -2.27. The van der Waals surface area contributed by atoms with Crippen molar-refractivity contribution in [3.8, 4) is 0 Å². The molecule has 1 fully saturated rings. The van der Waals surface area contributed by atoms with E-state index in [-0.39, 0.29) is 12.2 Å². The molecule has 1 aliphatic heterocycles. The highest BCUT2D eigenvalue weighted by molar-refractivity contribution is 5.18. The van der Waals surface area contributed by atoms with Crippen molar-refractivity contribution >= 4 is 0 Å². The molecule has 2 aliphatic rings. The number of imidazole rings is 1. The molecule has 1 atom stereocenters. The fourth-order valence-corrected chi connectivity index (χ4v) is 2.39. The molecule has 0 spiro atoms. The van der Waals surface area contributed by atoms with Crippen LogP contribution in [0.25, 0.3) is 0 Å². The van der Waals surface area contributed by atoms with Crippen molar-refractivity contribution in [1.82, 2.24) is 9.55 Å². The number of aryl methyl sites for hydroxylation is 1. The smallest absolute Gasteiger partial charge is 0.334 e. The van der Waals surface area contributed by atoms with Crippen molar-refractivity contribution in [2.75, 3.05) is 0 Å². The molecule has 1 aromatic heterocycles. The van der Waals surface area contributed by atoms with Gasteiger partial charge in [0, 0.05) is 18.7 Å². The Bertz CT molecular complexity index is 404. The molecular weight excluding hydrogens is 217 g/mol. The van der Waals surface area contributed by atoms with Crippen LogP contribution in [0.2, 0.25) is 0 Å². The topological polar surface area (TPSA) is 17.8 Å². The number of alkyl halides is 3. The second-order valence-corrected chi connectivity index (χ2v) is 4.73. The summed E-state index contributed by atoms with van der Waals surface area (Å²) in [5, 5.41) is 0. The van der Waals surface area contributed by atoms with Crippen molar-refractivity contribution in [1.29, 1.82) is 0 Å². The molecule has 88 valence electrons. The number of aromatic nitrogens is 2. The first-order chi connectivity index (χ1) is 7.55. The molecule has 1 unspecified atom stereocenters. The Morgan fingerprint density at radius 2 is 2.00 bits per heavy atom. The van der Waals surface area contributed by atoms with Crippen molar-refractivity contribution < 1.29 is 13.2 Å². The monoisotopic (exact) mass is 230 g/mol. The first kappa shape index (κ1) is 10.2. The van der Waals surface area contributed by atoms with Gasteiger partial charge in [0.2, 0.25) is 0 Å². The third-order valence-electron chi connectivity index (χ3n) is 3.42. The van der Waals surface area contributed by atoms with E-state index in [9.17, 15) is 13.2 Å². The zero-order valence-corrected chi connectivity index (χ0v) is 8.80. The van der Waals surface area contributed by atoms with Crippen LogP contribution in [0.5, 0.6) is 0 Å². The highest BCUT2D eigenvalue weighted by Crippen LogP contribution is 2.44. The fraction of sp³-hybridized carbons (Fsp3) is 0.727. The Morgan fingerprint density at radius 3 is 2.62 bits per heavy atom. The second-order valence-electron chi connectivity index (χ2n) is 4.73. The van der Waals surface area contributed by atoms with Crippen LogP contribution in [0.3, 0.4) is 0 Å². The molecule has 0 N–H and O–H groups in total. The molecule has 0 aromatic carbocycles. The van der Waals surface area contributed by atoms with Crippen molar-refractivity contribution in [3.63, 3.8) is 0 Å². The predicted molar refractivity (Wildman–Crippen MR) is 52.2 cm³/mol. The van der Waals surface area contributed by atoms with Gasteiger partial charge in [-0.1, -0.05) is 0 Å². The molecule has 16 heavy (non-hydrogen) atoms. The third kappa shape index (κ3) is 1.62. The van der Waals surface area contributed by atoms with Crippen LogP contribution < -0.4 is 0 Å². The molecule has 2 nitrogen and oxygen atoms in total. The Balaban J connectivity index is 1.97. The summed E-state index contributed by atoms with van der Waals surface area (Å²) >= 11 is 0. The normalized spacial score (nSPS) is 25.6. The fourth-order valence-electron chi connectivity index (χ4n) is 2.39. The van der Waals surface area contributed by atoms with Gasteiger partial charge in [0.05, 0.1) is 5.69 Å². The van der Waals surface area contributed by atoms with E-state index in [1.54, 1.807) is 4.57 Å². The second kappa shape index (κ2) is 3.25. The number of hydrogen-bond donors (Lipinski definition) is 0. The van der Waals surface area contributed by atoms with Gasteiger partial charge in [-0.3, -0.25) is 0 Å². The lowest BCUT2D eigenvalue weighted by atomic mass is 9.98. The summed E-state index contributed by atoms with van der Waals surface area (Å²) in [6, 6.07) is 0. The largest absolute Gasteiger partial charge is 0.398 e. The standard InChI is InChI=1S/C11H13F3N2/c12-11(13,14)8-2-1-5-16-6-9(7-3-4-7)15-10(8)16/h6-8H,1-5H2. The van der Waals surface area contributed by atoms with E-state index in [0.717, 1.165) is 18.5 Å². The molecule has 0 saturated heterocycles. The van der Waals surface area contributed by atoms with E-state index >= 15 is 0 Å². The Labute approximate surface area is 91.5 Å². The van der Waals surface area contributed by atoms with Gasteiger partial charge in [-0.25, -0.2) is 4.98 Å². The molecule has 1 aliphatic carbocycles. The summed E-state index contributed by atoms with van der Waals surface area (Å²) in [6.45, 7) is 0.682. The molecule has 1 aromatic rings. The third-order valence-corrected chi connectivity index (χ3v) is 3.42. The number of rotatable bonds is 1. The van der Waals surface area contributed by atoms with Crippen LogP contribution in [0, 0.1) is 0 Å². The minimum Gasteiger partial charge on any atom is -0.334 e. The first-order valence-corrected chi connectivity index (χ1v) is 5.69. The molecular formula is C11H13F3N2. The average molecular weight is 230 g/mol. The van der Waals surface area contributed by atoms with Crippen LogP contribution in [0.1, 0.15) is 49.0 Å². The molecule has 0 amide bonds. The average Bonchev–Trinajstić information content (AvgIpc) is 2.95. The van der Waals surface area contributed by atoms with Gasteiger partial charge in [0.25, 0.3) is 0 Å². The van der Waals surface area contributed by atoms with Gasteiger partial charge in [-0.2, -0.15) is 13.2 Å². The maximum atomic E-state index is 12.8. The van der Waals surface area contributed by atoms with Gasteiger partial charge in [-0.15, -0.1) is 0 Å². The summed E-state index contributed by atoms with van der Waals surface area (Å²) in [6.07, 6.45) is 0.609. The van der Waals surface area contributed by atoms with Crippen molar-refractivity contribution in [2.45, 2.75) is 50.2 Å². The van der Waals surface area contributed by atoms with Crippen LogP contribution in [0.4, 0.5) is 13.2 Å². The quantitative estimate of drug-likeness (QED) is 0.724.